The Morgan fingerprint density at radius 2 is 1.88 bits per heavy atom. The maximum atomic E-state index is 12.7. The fraction of sp³-hybridized carbons (Fsp3) is 0.0556. The van der Waals surface area contributed by atoms with E-state index in [1.54, 1.807) is 43.5 Å². The molecule has 2 heterocycles. The lowest BCUT2D eigenvalue weighted by molar-refractivity contribution is 0.102. The third kappa shape index (κ3) is 3.43. The smallest absolute Gasteiger partial charge is 0.260 e. The molecule has 7 heteroatoms. The normalized spacial score (nSPS) is 11.8. The number of anilines is 1. The van der Waals surface area contributed by atoms with Crippen molar-refractivity contribution in [3.8, 4) is 0 Å². The van der Waals surface area contributed by atoms with E-state index in [-0.39, 0.29) is 5.91 Å². The second-order valence-corrected chi connectivity index (χ2v) is 5.91. The van der Waals surface area contributed by atoms with E-state index in [0.29, 0.717) is 43.7 Å². The molecule has 0 saturated carbocycles. The quantitative estimate of drug-likeness (QED) is 0.472. The molecular weight excluding hydrogens is 361 g/mol. The van der Waals surface area contributed by atoms with Crippen LogP contribution in [0, 0.1) is 0 Å². The Bertz CT molecular complexity index is 1010. The lowest BCUT2D eigenvalue weighted by Gasteiger charge is -2.08. The number of carbonyl (C=O) groups is 1. The highest BCUT2D eigenvalue weighted by molar-refractivity contribution is 6.42. The summed E-state index contributed by atoms with van der Waals surface area (Å²) in [6, 6.07) is 8.34. The largest absolute Gasteiger partial charge is 0.456 e. The molecule has 25 heavy (non-hydrogen) atoms. The number of furan rings is 2. The maximum Gasteiger partial charge on any atom is 0.260 e. The van der Waals surface area contributed by atoms with Crippen LogP contribution in [0.5, 0.6) is 0 Å². The topological polar surface area (TPSA) is 67.0 Å². The molecule has 1 N–H and O–H groups in total. The first-order chi connectivity index (χ1) is 12.0. The molecule has 3 aromatic rings. The zero-order valence-electron chi connectivity index (χ0n) is 13.2. The second-order valence-electron chi connectivity index (χ2n) is 5.10. The van der Waals surface area contributed by atoms with Gasteiger partial charge in [-0.25, -0.2) is 9.98 Å². The van der Waals surface area contributed by atoms with E-state index in [9.17, 15) is 4.79 Å². The highest BCUT2D eigenvalue weighted by Gasteiger charge is 2.24. The fourth-order valence-electron chi connectivity index (χ4n) is 2.37. The molecular formula is C18H13Cl2N3O2. The van der Waals surface area contributed by atoms with Crippen LogP contribution >= 0.6 is 23.2 Å². The van der Waals surface area contributed by atoms with Crippen LogP contribution in [0.25, 0.3) is 16.9 Å². The van der Waals surface area contributed by atoms with E-state index >= 15 is 0 Å². The number of fused-ring (bicyclic) bond motifs is 2. The van der Waals surface area contributed by atoms with Gasteiger partial charge >= 0.3 is 0 Å². The lowest BCUT2D eigenvalue weighted by Crippen LogP contribution is -2.13. The number of halogens is 2. The number of carbonyl (C=O) groups excluding carboxylic acids is 1. The van der Waals surface area contributed by atoms with Crippen molar-refractivity contribution in [3.05, 3.63) is 58.1 Å². The Hall–Kier alpha value is -2.63. The summed E-state index contributed by atoms with van der Waals surface area (Å²) in [6.07, 6.45) is 2.97. The molecule has 0 aliphatic rings. The molecule has 126 valence electrons. The first kappa shape index (κ1) is 17.2. The van der Waals surface area contributed by atoms with Crippen molar-refractivity contribution in [2.75, 3.05) is 5.32 Å². The fourth-order valence-corrected chi connectivity index (χ4v) is 2.66. The van der Waals surface area contributed by atoms with Gasteiger partial charge in [0.1, 0.15) is 17.5 Å². The Balaban J connectivity index is 1.93. The Kier molecular flexibility index (Phi) is 4.88. The Morgan fingerprint density at radius 3 is 2.56 bits per heavy atom. The number of nitrogens with zero attached hydrogens (tertiary/aromatic N) is 2. The van der Waals surface area contributed by atoms with Crippen LogP contribution in [0.1, 0.15) is 22.8 Å². The molecule has 2 bridgehead atoms. The molecule has 0 radical (unpaired) electrons. The van der Waals surface area contributed by atoms with Crippen molar-refractivity contribution in [2.24, 2.45) is 9.98 Å². The molecule has 0 fully saturated rings. The van der Waals surface area contributed by atoms with Gasteiger partial charge in [-0.1, -0.05) is 29.8 Å². The van der Waals surface area contributed by atoms with E-state index in [1.165, 1.54) is 6.34 Å². The van der Waals surface area contributed by atoms with Crippen LogP contribution in [-0.2, 0) is 0 Å². The summed E-state index contributed by atoms with van der Waals surface area (Å²) in [7, 11) is 0. The maximum absolute atomic E-state index is 12.7. The van der Waals surface area contributed by atoms with Gasteiger partial charge in [-0.05, 0) is 37.3 Å². The SMILES string of the molecule is C=C(/N=C\N=C/C)c1c(C(=O)Nc2ccc(Cl)c(Cl)c2)c2ccc1o2. The van der Waals surface area contributed by atoms with Crippen LogP contribution in [0.2, 0.25) is 10.0 Å². The van der Waals surface area contributed by atoms with Crippen molar-refractivity contribution < 1.29 is 9.21 Å². The third-order valence-electron chi connectivity index (χ3n) is 3.47. The van der Waals surface area contributed by atoms with E-state index in [4.69, 9.17) is 27.6 Å². The minimum atomic E-state index is -0.349. The van der Waals surface area contributed by atoms with Gasteiger partial charge in [0.2, 0.25) is 0 Å². The molecule has 2 aromatic heterocycles. The molecule has 0 atom stereocenters. The molecule has 1 aromatic carbocycles. The first-order valence-electron chi connectivity index (χ1n) is 7.32. The highest BCUT2D eigenvalue weighted by atomic mass is 35.5. The average Bonchev–Trinajstić information content (AvgIpc) is 3.19. The van der Waals surface area contributed by atoms with E-state index in [2.05, 4.69) is 21.9 Å². The summed E-state index contributed by atoms with van der Waals surface area (Å²) >= 11 is 11.9. The zero-order chi connectivity index (χ0) is 18.0. The molecule has 0 unspecified atom stereocenters. The Morgan fingerprint density at radius 1 is 1.16 bits per heavy atom. The summed E-state index contributed by atoms with van der Waals surface area (Å²) in [5.41, 5.74) is 2.81. The van der Waals surface area contributed by atoms with Crippen molar-refractivity contribution in [1.82, 2.24) is 0 Å². The number of hydrogen-bond acceptors (Lipinski definition) is 3. The van der Waals surface area contributed by atoms with E-state index < -0.39 is 0 Å². The lowest BCUT2D eigenvalue weighted by atomic mass is 10.0. The number of hydrogen-bond donors (Lipinski definition) is 1. The predicted octanol–water partition coefficient (Wildman–Crippen LogP) is 5.52. The van der Waals surface area contributed by atoms with Gasteiger partial charge in [-0.3, -0.25) is 4.79 Å². The number of amides is 1. The van der Waals surface area contributed by atoms with Gasteiger partial charge in [0.15, 0.2) is 0 Å². The van der Waals surface area contributed by atoms with Gasteiger partial charge in [0, 0.05) is 11.9 Å². The zero-order valence-corrected chi connectivity index (χ0v) is 14.7. The van der Waals surface area contributed by atoms with E-state index in [0.717, 1.165) is 0 Å². The monoisotopic (exact) mass is 373 g/mol. The van der Waals surface area contributed by atoms with Crippen LogP contribution in [-0.4, -0.2) is 18.5 Å². The van der Waals surface area contributed by atoms with Gasteiger partial charge in [0.05, 0.1) is 26.9 Å². The van der Waals surface area contributed by atoms with E-state index in [1.807, 2.05) is 0 Å². The molecule has 0 aliphatic carbocycles. The standard InChI is InChI=1S/C18H13Cl2N3O2/c1-3-21-9-22-10(2)16-14-6-7-15(25-14)17(16)18(24)23-11-4-5-12(19)13(20)8-11/h3-9H,2H2,1H3,(H,23,24)/b21-3-,22-9-. The summed E-state index contributed by atoms with van der Waals surface area (Å²) in [5.74, 6) is -0.349. The minimum Gasteiger partial charge on any atom is -0.456 e. The molecule has 1 amide bonds. The summed E-state index contributed by atoms with van der Waals surface area (Å²) in [6.45, 7) is 5.67. The van der Waals surface area contributed by atoms with Gasteiger partial charge in [0.25, 0.3) is 5.91 Å². The van der Waals surface area contributed by atoms with Crippen molar-refractivity contribution in [3.63, 3.8) is 0 Å². The van der Waals surface area contributed by atoms with Crippen molar-refractivity contribution in [1.29, 1.82) is 0 Å². The second kappa shape index (κ2) is 7.09. The average molecular weight is 374 g/mol. The first-order valence-corrected chi connectivity index (χ1v) is 8.07. The summed E-state index contributed by atoms with van der Waals surface area (Å²) < 4.78 is 5.59. The van der Waals surface area contributed by atoms with Crippen molar-refractivity contribution in [2.45, 2.75) is 6.92 Å². The molecule has 0 saturated heterocycles. The highest BCUT2D eigenvalue weighted by Crippen LogP contribution is 2.34. The molecule has 3 rings (SSSR count). The van der Waals surface area contributed by atoms with Crippen LogP contribution in [0.4, 0.5) is 5.69 Å². The van der Waals surface area contributed by atoms with Gasteiger partial charge < -0.3 is 9.73 Å². The number of rotatable bonds is 5. The predicted molar refractivity (Wildman–Crippen MR) is 104 cm³/mol. The number of aliphatic imine (C=N–C) groups is 2. The molecule has 0 spiro atoms. The van der Waals surface area contributed by atoms with Crippen molar-refractivity contribution >= 4 is 64.2 Å². The minimum absolute atomic E-state index is 0.349. The number of nitrogens with one attached hydrogen (secondary N) is 1. The summed E-state index contributed by atoms with van der Waals surface area (Å²) in [4.78, 5) is 20.8. The Labute approximate surface area is 154 Å². The van der Waals surface area contributed by atoms with Crippen LogP contribution in [0.15, 0.2) is 51.3 Å². The summed E-state index contributed by atoms with van der Waals surface area (Å²) in [5, 5.41) is 3.54. The van der Waals surface area contributed by atoms with Crippen LogP contribution in [0.3, 0.4) is 0 Å². The van der Waals surface area contributed by atoms with Crippen LogP contribution < -0.4 is 5.32 Å². The molecule has 5 nitrogen and oxygen atoms in total. The van der Waals surface area contributed by atoms with Gasteiger partial charge in [-0.15, -0.1) is 0 Å². The third-order valence-corrected chi connectivity index (χ3v) is 4.21. The van der Waals surface area contributed by atoms with Gasteiger partial charge in [-0.2, -0.15) is 0 Å². The number of benzene rings is 2. The molecule has 0 aliphatic heterocycles.